The van der Waals surface area contributed by atoms with Crippen LogP contribution in [0.2, 0.25) is 0 Å². The Morgan fingerprint density at radius 1 is 1.44 bits per heavy atom. The van der Waals surface area contributed by atoms with E-state index in [2.05, 4.69) is 10.2 Å². The molecule has 6 heteroatoms. The lowest BCUT2D eigenvalue weighted by atomic mass is 10.2. The van der Waals surface area contributed by atoms with Crippen molar-refractivity contribution in [3.05, 3.63) is 41.7 Å². The quantitative estimate of drug-likeness (QED) is 0.758. The van der Waals surface area contributed by atoms with E-state index in [0.717, 1.165) is 0 Å². The van der Waals surface area contributed by atoms with Crippen molar-refractivity contribution >= 4 is 5.97 Å². The fraction of sp³-hybridized carbons (Fsp3) is 0.167. The molecule has 0 aliphatic heterocycles. The molecule has 0 aliphatic rings. The van der Waals surface area contributed by atoms with Crippen LogP contribution in [0.1, 0.15) is 23.0 Å². The molecule has 0 bridgehead atoms. The van der Waals surface area contributed by atoms with Crippen molar-refractivity contribution in [3.63, 3.8) is 0 Å². The number of carbonyl (C=O) groups is 1. The summed E-state index contributed by atoms with van der Waals surface area (Å²) in [6, 6.07) is 8.74. The average Bonchev–Trinajstić information content (AvgIpc) is 2.89. The number of rotatable bonds is 3. The van der Waals surface area contributed by atoms with Crippen LogP contribution in [-0.2, 0) is 4.74 Å². The second-order valence-electron chi connectivity index (χ2n) is 3.40. The Hall–Kier alpha value is -2.68. The SMILES string of the molecule is CCOC(=O)c1cnn(-c2ccc(C#N)cc2)n1. The maximum Gasteiger partial charge on any atom is 0.360 e. The van der Waals surface area contributed by atoms with Crippen LogP contribution in [0.5, 0.6) is 0 Å². The molecule has 6 nitrogen and oxygen atoms in total. The van der Waals surface area contributed by atoms with Crippen LogP contribution < -0.4 is 0 Å². The largest absolute Gasteiger partial charge is 0.461 e. The van der Waals surface area contributed by atoms with Gasteiger partial charge in [-0.3, -0.25) is 0 Å². The number of carbonyl (C=O) groups excluding carboxylic acids is 1. The first-order chi connectivity index (χ1) is 8.74. The monoisotopic (exact) mass is 242 g/mol. The predicted molar refractivity (Wildman–Crippen MR) is 62.0 cm³/mol. The smallest absolute Gasteiger partial charge is 0.360 e. The molecule has 1 aromatic heterocycles. The van der Waals surface area contributed by atoms with Gasteiger partial charge in [0, 0.05) is 0 Å². The summed E-state index contributed by atoms with van der Waals surface area (Å²) < 4.78 is 4.82. The number of nitrogens with zero attached hydrogens (tertiary/aromatic N) is 4. The van der Waals surface area contributed by atoms with Crippen LogP contribution in [0.3, 0.4) is 0 Å². The number of nitriles is 1. The summed E-state index contributed by atoms with van der Waals surface area (Å²) in [6.45, 7) is 2.02. The fourth-order valence-electron chi connectivity index (χ4n) is 1.36. The van der Waals surface area contributed by atoms with Gasteiger partial charge in [0.05, 0.1) is 30.1 Å². The average molecular weight is 242 g/mol. The molecule has 0 atom stereocenters. The van der Waals surface area contributed by atoms with Gasteiger partial charge in [0.15, 0.2) is 5.69 Å². The Kier molecular flexibility index (Phi) is 3.34. The van der Waals surface area contributed by atoms with Crippen molar-refractivity contribution in [3.8, 4) is 11.8 Å². The molecule has 0 fully saturated rings. The maximum absolute atomic E-state index is 11.4. The molecule has 0 N–H and O–H groups in total. The van der Waals surface area contributed by atoms with Gasteiger partial charge in [0.25, 0.3) is 0 Å². The lowest BCUT2D eigenvalue weighted by Crippen LogP contribution is -2.06. The molecule has 1 heterocycles. The normalized spacial score (nSPS) is 9.78. The number of benzene rings is 1. The van der Waals surface area contributed by atoms with Gasteiger partial charge in [-0.05, 0) is 31.2 Å². The van der Waals surface area contributed by atoms with Gasteiger partial charge in [-0.2, -0.15) is 15.2 Å². The first kappa shape index (κ1) is 11.8. The summed E-state index contributed by atoms with van der Waals surface area (Å²) in [5.41, 5.74) is 1.38. The standard InChI is InChI=1S/C12H10N4O2/c1-2-18-12(17)11-8-14-16(15-11)10-5-3-9(7-13)4-6-10/h3-6,8H,2H2,1H3. The summed E-state index contributed by atoms with van der Waals surface area (Å²) in [6.07, 6.45) is 1.34. The van der Waals surface area contributed by atoms with E-state index < -0.39 is 5.97 Å². The summed E-state index contributed by atoms with van der Waals surface area (Å²) >= 11 is 0. The molecule has 0 amide bonds. The van der Waals surface area contributed by atoms with E-state index in [4.69, 9.17) is 10.00 Å². The third kappa shape index (κ3) is 2.35. The van der Waals surface area contributed by atoms with Crippen molar-refractivity contribution < 1.29 is 9.53 Å². The number of hydrogen-bond acceptors (Lipinski definition) is 5. The maximum atomic E-state index is 11.4. The molecule has 0 saturated carbocycles. The van der Waals surface area contributed by atoms with Crippen LogP contribution in [0, 0.1) is 11.3 Å². The van der Waals surface area contributed by atoms with Gasteiger partial charge >= 0.3 is 5.97 Å². The van der Waals surface area contributed by atoms with Crippen molar-refractivity contribution in [1.82, 2.24) is 15.0 Å². The second kappa shape index (κ2) is 5.10. The van der Waals surface area contributed by atoms with Crippen molar-refractivity contribution in [2.75, 3.05) is 6.61 Å². The van der Waals surface area contributed by atoms with Gasteiger partial charge in [-0.15, -0.1) is 5.10 Å². The Morgan fingerprint density at radius 2 is 2.17 bits per heavy atom. The highest BCUT2D eigenvalue weighted by atomic mass is 16.5. The first-order valence-corrected chi connectivity index (χ1v) is 5.34. The minimum absolute atomic E-state index is 0.154. The minimum Gasteiger partial charge on any atom is -0.461 e. The van der Waals surface area contributed by atoms with Gasteiger partial charge in [-0.25, -0.2) is 4.79 Å². The van der Waals surface area contributed by atoms with Crippen LogP contribution in [0.15, 0.2) is 30.5 Å². The van der Waals surface area contributed by atoms with Gasteiger partial charge in [0.2, 0.25) is 0 Å². The highest BCUT2D eigenvalue weighted by Crippen LogP contribution is 2.07. The Bertz CT molecular complexity index is 595. The Morgan fingerprint density at radius 3 is 2.78 bits per heavy atom. The molecule has 2 aromatic rings. The van der Waals surface area contributed by atoms with Gasteiger partial charge in [0.1, 0.15) is 0 Å². The molecule has 0 radical (unpaired) electrons. The van der Waals surface area contributed by atoms with Crippen molar-refractivity contribution in [2.24, 2.45) is 0 Å². The Balaban J connectivity index is 2.24. The van der Waals surface area contributed by atoms with E-state index in [1.807, 2.05) is 6.07 Å². The molecule has 0 spiro atoms. The zero-order valence-corrected chi connectivity index (χ0v) is 9.70. The van der Waals surface area contributed by atoms with E-state index in [9.17, 15) is 4.79 Å². The number of esters is 1. The van der Waals surface area contributed by atoms with E-state index in [0.29, 0.717) is 17.9 Å². The number of ether oxygens (including phenoxy) is 1. The third-order valence-corrected chi connectivity index (χ3v) is 2.20. The summed E-state index contributed by atoms with van der Waals surface area (Å²) in [5.74, 6) is -0.502. The zero-order chi connectivity index (χ0) is 13.0. The van der Waals surface area contributed by atoms with E-state index >= 15 is 0 Å². The second-order valence-corrected chi connectivity index (χ2v) is 3.40. The van der Waals surface area contributed by atoms with Crippen LogP contribution in [0.4, 0.5) is 0 Å². The molecule has 18 heavy (non-hydrogen) atoms. The third-order valence-electron chi connectivity index (χ3n) is 2.20. The Labute approximate surface area is 103 Å². The van der Waals surface area contributed by atoms with Gasteiger partial charge in [-0.1, -0.05) is 0 Å². The molecule has 0 saturated heterocycles. The van der Waals surface area contributed by atoms with Crippen molar-refractivity contribution in [1.29, 1.82) is 5.26 Å². The molecular weight excluding hydrogens is 232 g/mol. The lowest BCUT2D eigenvalue weighted by Gasteiger charge is -1.99. The van der Waals surface area contributed by atoms with Gasteiger partial charge < -0.3 is 4.74 Å². The first-order valence-electron chi connectivity index (χ1n) is 5.34. The summed E-state index contributed by atoms with van der Waals surface area (Å²) in [5, 5.41) is 16.7. The molecule has 0 unspecified atom stereocenters. The molecule has 1 aromatic carbocycles. The van der Waals surface area contributed by atoms with E-state index in [1.165, 1.54) is 11.0 Å². The number of aromatic nitrogens is 3. The summed E-state index contributed by atoms with van der Waals surface area (Å²) in [4.78, 5) is 12.7. The van der Waals surface area contributed by atoms with Crippen molar-refractivity contribution in [2.45, 2.75) is 6.92 Å². The highest BCUT2D eigenvalue weighted by Gasteiger charge is 2.11. The van der Waals surface area contributed by atoms with E-state index in [1.54, 1.807) is 31.2 Å². The summed E-state index contributed by atoms with van der Waals surface area (Å²) in [7, 11) is 0. The van der Waals surface area contributed by atoms with Crippen LogP contribution in [0.25, 0.3) is 5.69 Å². The molecule has 0 aliphatic carbocycles. The molecule has 90 valence electrons. The van der Waals surface area contributed by atoms with Crippen LogP contribution >= 0.6 is 0 Å². The lowest BCUT2D eigenvalue weighted by molar-refractivity contribution is 0.0519. The molecule has 2 rings (SSSR count). The van der Waals surface area contributed by atoms with Crippen LogP contribution in [-0.4, -0.2) is 27.6 Å². The number of hydrogen-bond donors (Lipinski definition) is 0. The topological polar surface area (TPSA) is 80.8 Å². The predicted octanol–water partition coefficient (Wildman–Crippen LogP) is 1.32. The fourth-order valence-corrected chi connectivity index (χ4v) is 1.36. The molecular formula is C12H10N4O2. The minimum atomic E-state index is -0.502. The zero-order valence-electron chi connectivity index (χ0n) is 9.70. The highest BCUT2D eigenvalue weighted by molar-refractivity contribution is 5.86. The van der Waals surface area contributed by atoms with E-state index in [-0.39, 0.29) is 5.69 Å².